The van der Waals surface area contributed by atoms with Gasteiger partial charge in [0.15, 0.2) is 0 Å². The molecule has 1 fully saturated rings. The lowest BCUT2D eigenvalue weighted by Gasteiger charge is -2.15. The van der Waals surface area contributed by atoms with E-state index in [1.54, 1.807) is 0 Å². The molecule has 19 heavy (non-hydrogen) atoms. The average molecular weight is 255 g/mol. The molecule has 0 atom stereocenters. The molecule has 2 heterocycles. The maximum atomic E-state index is 12.3. The minimum atomic E-state index is 0.127. The zero-order valence-corrected chi connectivity index (χ0v) is 10.8. The van der Waals surface area contributed by atoms with E-state index in [2.05, 4.69) is 4.98 Å². The Morgan fingerprint density at radius 1 is 1.21 bits per heavy atom. The number of benzene rings is 1. The first-order valence-corrected chi connectivity index (χ1v) is 6.67. The van der Waals surface area contributed by atoms with Gasteiger partial charge < -0.3 is 10.6 Å². The molecule has 3 rings (SSSR count). The van der Waals surface area contributed by atoms with Crippen molar-refractivity contribution in [3.8, 4) is 0 Å². The van der Waals surface area contributed by atoms with E-state index < -0.39 is 0 Å². The second-order valence-electron chi connectivity index (χ2n) is 4.91. The molecule has 0 radical (unpaired) electrons. The number of hydrogen-bond acceptors (Lipinski definition) is 3. The van der Waals surface area contributed by atoms with Crippen LogP contribution in [0.1, 0.15) is 28.9 Å². The first-order chi connectivity index (χ1) is 9.28. The Labute approximate surface area is 112 Å². The molecule has 4 heteroatoms. The Kier molecular flexibility index (Phi) is 3.17. The van der Waals surface area contributed by atoms with Crippen molar-refractivity contribution in [2.75, 3.05) is 13.1 Å². The smallest absolute Gasteiger partial charge is 0.253 e. The number of amides is 1. The lowest BCUT2D eigenvalue weighted by Crippen LogP contribution is -2.27. The molecular weight excluding hydrogens is 238 g/mol. The highest BCUT2D eigenvalue weighted by atomic mass is 16.2. The minimum absolute atomic E-state index is 0.127. The third kappa shape index (κ3) is 2.31. The quantitative estimate of drug-likeness (QED) is 0.892. The number of fused-ring (bicyclic) bond motifs is 1. The molecule has 0 aliphatic carbocycles. The van der Waals surface area contributed by atoms with Gasteiger partial charge in [0, 0.05) is 30.6 Å². The molecule has 0 bridgehead atoms. The molecule has 1 aliphatic rings. The van der Waals surface area contributed by atoms with Gasteiger partial charge in [-0.15, -0.1) is 0 Å². The zero-order chi connectivity index (χ0) is 13.2. The first-order valence-electron chi connectivity index (χ1n) is 6.67. The summed E-state index contributed by atoms with van der Waals surface area (Å²) in [5, 5.41) is 0.988. The maximum absolute atomic E-state index is 12.3. The minimum Gasteiger partial charge on any atom is -0.339 e. The van der Waals surface area contributed by atoms with Gasteiger partial charge in [-0.3, -0.25) is 9.78 Å². The van der Waals surface area contributed by atoms with Crippen LogP contribution in [0.15, 0.2) is 30.3 Å². The van der Waals surface area contributed by atoms with Crippen molar-refractivity contribution in [1.82, 2.24) is 9.88 Å². The Hall–Kier alpha value is -1.94. The van der Waals surface area contributed by atoms with Crippen LogP contribution in [0.5, 0.6) is 0 Å². The van der Waals surface area contributed by atoms with Crippen molar-refractivity contribution in [1.29, 1.82) is 0 Å². The second kappa shape index (κ2) is 4.97. The predicted octanol–water partition coefficient (Wildman–Crippen LogP) is 1.93. The van der Waals surface area contributed by atoms with E-state index in [0.717, 1.165) is 48.1 Å². The second-order valence-corrected chi connectivity index (χ2v) is 4.91. The van der Waals surface area contributed by atoms with E-state index in [-0.39, 0.29) is 5.91 Å². The highest BCUT2D eigenvalue weighted by Crippen LogP contribution is 2.18. The van der Waals surface area contributed by atoms with Gasteiger partial charge in [-0.1, -0.05) is 6.07 Å². The standard InChI is InChI=1S/C15H17N3O/c16-10-13-5-3-11-9-12(4-6-14(11)17-13)15(19)18-7-1-2-8-18/h3-6,9H,1-2,7-8,10,16H2. The van der Waals surface area contributed by atoms with Crippen LogP contribution < -0.4 is 5.73 Å². The van der Waals surface area contributed by atoms with Crippen LogP contribution in [-0.4, -0.2) is 28.9 Å². The number of aromatic nitrogens is 1. The predicted molar refractivity (Wildman–Crippen MR) is 74.8 cm³/mol. The van der Waals surface area contributed by atoms with Crippen molar-refractivity contribution in [2.45, 2.75) is 19.4 Å². The molecule has 0 unspecified atom stereocenters. The van der Waals surface area contributed by atoms with Crippen LogP contribution in [0.2, 0.25) is 0 Å². The topological polar surface area (TPSA) is 59.2 Å². The highest BCUT2D eigenvalue weighted by Gasteiger charge is 2.19. The number of nitrogens with two attached hydrogens (primary N) is 1. The number of rotatable bonds is 2. The fourth-order valence-electron chi connectivity index (χ4n) is 2.52. The van der Waals surface area contributed by atoms with Gasteiger partial charge in [0.05, 0.1) is 11.2 Å². The van der Waals surface area contributed by atoms with Crippen LogP contribution in [0.4, 0.5) is 0 Å². The molecule has 2 aromatic rings. The normalized spacial score (nSPS) is 15.1. The Morgan fingerprint density at radius 2 is 2.00 bits per heavy atom. The lowest BCUT2D eigenvalue weighted by molar-refractivity contribution is 0.0793. The van der Waals surface area contributed by atoms with Gasteiger partial charge in [0.2, 0.25) is 0 Å². The third-order valence-electron chi connectivity index (χ3n) is 3.60. The molecular formula is C15H17N3O. The molecule has 1 aromatic heterocycles. The van der Waals surface area contributed by atoms with E-state index in [4.69, 9.17) is 5.73 Å². The summed E-state index contributed by atoms with van der Waals surface area (Å²) < 4.78 is 0. The summed E-state index contributed by atoms with van der Waals surface area (Å²) in [6, 6.07) is 9.56. The van der Waals surface area contributed by atoms with Gasteiger partial charge >= 0.3 is 0 Å². The van der Waals surface area contributed by atoms with Gasteiger partial charge in [-0.05, 0) is 37.1 Å². The summed E-state index contributed by atoms with van der Waals surface area (Å²) in [6.07, 6.45) is 2.22. The van der Waals surface area contributed by atoms with Crippen LogP contribution in [0.25, 0.3) is 10.9 Å². The summed E-state index contributed by atoms with van der Waals surface area (Å²) in [5.74, 6) is 0.127. The number of carbonyl (C=O) groups is 1. The number of nitrogens with zero attached hydrogens (tertiary/aromatic N) is 2. The highest BCUT2D eigenvalue weighted by molar-refractivity contribution is 5.98. The maximum Gasteiger partial charge on any atom is 0.253 e. The SMILES string of the molecule is NCc1ccc2cc(C(=O)N3CCCC3)ccc2n1. The van der Waals surface area contributed by atoms with E-state index in [1.807, 2.05) is 35.2 Å². The molecule has 98 valence electrons. The van der Waals surface area contributed by atoms with Crippen LogP contribution in [0, 0.1) is 0 Å². The number of carbonyl (C=O) groups excluding carboxylic acids is 1. The Morgan fingerprint density at radius 3 is 2.74 bits per heavy atom. The largest absolute Gasteiger partial charge is 0.339 e. The zero-order valence-electron chi connectivity index (χ0n) is 10.8. The molecule has 4 nitrogen and oxygen atoms in total. The van der Waals surface area contributed by atoms with Gasteiger partial charge in [0.25, 0.3) is 5.91 Å². The molecule has 2 N–H and O–H groups in total. The fraction of sp³-hybridized carbons (Fsp3) is 0.333. The molecule has 1 aromatic carbocycles. The molecule has 1 amide bonds. The summed E-state index contributed by atoms with van der Waals surface area (Å²) >= 11 is 0. The summed E-state index contributed by atoms with van der Waals surface area (Å²) in [4.78, 5) is 18.7. The number of hydrogen-bond donors (Lipinski definition) is 1. The molecule has 1 saturated heterocycles. The Balaban J connectivity index is 1.95. The first kappa shape index (κ1) is 12.1. The monoisotopic (exact) mass is 255 g/mol. The van der Waals surface area contributed by atoms with E-state index in [1.165, 1.54) is 0 Å². The van der Waals surface area contributed by atoms with E-state index in [9.17, 15) is 4.79 Å². The number of likely N-dealkylation sites (tertiary alicyclic amines) is 1. The summed E-state index contributed by atoms with van der Waals surface area (Å²) in [5.41, 5.74) is 8.08. The molecule has 0 saturated carbocycles. The van der Waals surface area contributed by atoms with Gasteiger partial charge in [-0.2, -0.15) is 0 Å². The number of pyridine rings is 1. The van der Waals surface area contributed by atoms with E-state index >= 15 is 0 Å². The van der Waals surface area contributed by atoms with Crippen LogP contribution in [-0.2, 0) is 6.54 Å². The van der Waals surface area contributed by atoms with Crippen molar-refractivity contribution in [2.24, 2.45) is 5.73 Å². The van der Waals surface area contributed by atoms with E-state index in [0.29, 0.717) is 6.54 Å². The van der Waals surface area contributed by atoms with Crippen LogP contribution in [0.3, 0.4) is 0 Å². The summed E-state index contributed by atoms with van der Waals surface area (Å²) in [7, 11) is 0. The molecule has 0 spiro atoms. The Bertz CT molecular complexity index is 618. The van der Waals surface area contributed by atoms with Crippen molar-refractivity contribution >= 4 is 16.8 Å². The van der Waals surface area contributed by atoms with Crippen molar-refractivity contribution < 1.29 is 4.79 Å². The molecule has 1 aliphatic heterocycles. The summed E-state index contributed by atoms with van der Waals surface area (Å²) in [6.45, 7) is 2.19. The van der Waals surface area contributed by atoms with Crippen LogP contribution >= 0.6 is 0 Å². The third-order valence-corrected chi connectivity index (χ3v) is 3.60. The fourth-order valence-corrected chi connectivity index (χ4v) is 2.52. The van der Waals surface area contributed by atoms with Gasteiger partial charge in [0.1, 0.15) is 0 Å². The lowest BCUT2D eigenvalue weighted by atomic mass is 10.1. The van der Waals surface area contributed by atoms with Gasteiger partial charge in [-0.25, -0.2) is 0 Å². The van der Waals surface area contributed by atoms with Crippen molar-refractivity contribution in [3.05, 3.63) is 41.6 Å². The average Bonchev–Trinajstić information content (AvgIpc) is 2.99. The van der Waals surface area contributed by atoms with Crippen molar-refractivity contribution in [3.63, 3.8) is 0 Å².